The van der Waals surface area contributed by atoms with Crippen molar-refractivity contribution in [2.24, 2.45) is 5.92 Å². The zero-order chi connectivity index (χ0) is 17.4. The smallest absolute Gasteiger partial charge is 0.410 e. The molecule has 0 bridgehead atoms. The summed E-state index contributed by atoms with van der Waals surface area (Å²) in [7, 11) is 1.41. The second-order valence-electron chi connectivity index (χ2n) is 5.52. The lowest BCUT2D eigenvalue weighted by molar-refractivity contribution is -0.143. The molecule has 1 aromatic carbocycles. The number of nitrogens with zero attached hydrogens (tertiary/aromatic N) is 1. The third-order valence-electron chi connectivity index (χ3n) is 3.15. The van der Waals surface area contributed by atoms with E-state index in [4.69, 9.17) is 9.84 Å². The highest BCUT2D eigenvalue weighted by molar-refractivity contribution is 5.86. The van der Waals surface area contributed by atoms with Crippen LogP contribution in [0.4, 0.5) is 4.79 Å². The number of carbonyl (C=O) groups is 3. The fraction of sp³-hybridized carbons (Fsp3) is 0.438. The Morgan fingerprint density at radius 1 is 1.22 bits per heavy atom. The Labute approximate surface area is 135 Å². The van der Waals surface area contributed by atoms with Crippen molar-refractivity contribution < 1.29 is 24.2 Å². The van der Waals surface area contributed by atoms with Gasteiger partial charge in [0, 0.05) is 7.05 Å². The standard InChI is InChI=1S/C16H22N2O5/c1-11(2)14(15(20)21)17-13(19)9-18(3)16(22)23-10-12-7-5-4-6-8-12/h4-8,11,14H,9-10H2,1-3H3,(H,17,19)(H,20,21)/t14-/m1/s1. The number of benzene rings is 1. The molecular formula is C16H22N2O5. The number of carbonyl (C=O) groups excluding carboxylic acids is 2. The van der Waals surface area contributed by atoms with Crippen molar-refractivity contribution in [2.75, 3.05) is 13.6 Å². The van der Waals surface area contributed by atoms with E-state index in [1.54, 1.807) is 13.8 Å². The molecule has 7 nitrogen and oxygen atoms in total. The third-order valence-corrected chi connectivity index (χ3v) is 3.15. The van der Waals surface area contributed by atoms with E-state index in [1.807, 2.05) is 30.3 Å². The normalized spacial score (nSPS) is 11.7. The van der Waals surface area contributed by atoms with E-state index in [0.29, 0.717) is 0 Å². The predicted octanol–water partition coefficient (Wildman–Crippen LogP) is 1.48. The Kier molecular flexibility index (Phi) is 7.05. The minimum Gasteiger partial charge on any atom is -0.480 e. The molecule has 2 N–H and O–H groups in total. The van der Waals surface area contributed by atoms with Gasteiger partial charge in [0.2, 0.25) is 5.91 Å². The van der Waals surface area contributed by atoms with E-state index in [9.17, 15) is 14.4 Å². The quantitative estimate of drug-likeness (QED) is 0.793. The summed E-state index contributed by atoms with van der Waals surface area (Å²) in [5, 5.41) is 11.4. The Morgan fingerprint density at radius 3 is 2.35 bits per heavy atom. The van der Waals surface area contributed by atoms with Gasteiger partial charge in [0.15, 0.2) is 0 Å². The molecule has 2 amide bonds. The predicted molar refractivity (Wildman–Crippen MR) is 83.7 cm³/mol. The van der Waals surface area contributed by atoms with E-state index < -0.39 is 24.0 Å². The van der Waals surface area contributed by atoms with Crippen LogP contribution in [-0.4, -0.2) is 47.6 Å². The van der Waals surface area contributed by atoms with E-state index in [-0.39, 0.29) is 19.1 Å². The lowest BCUT2D eigenvalue weighted by Crippen LogP contribution is -2.48. The summed E-state index contributed by atoms with van der Waals surface area (Å²) in [6, 6.07) is 8.17. The molecule has 1 aromatic rings. The van der Waals surface area contributed by atoms with E-state index in [0.717, 1.165) is 10.5 Å². The second-order valence-corrected chi connectivity index (χ2v) is 5.52. The molecule has 0 fully saturated rings. The van der Waals surface area contributed by atoms with Gasteiger partial charge in [-0.15, -0.1) is 0 Å². The SMILES string of the molecule is CC(C)[C@@H](NC(=O)CN(C)C(=O)OCc1ccccc1)C(=O)O. The molecule has 0 radical (unpaired) electrons. The highest BCUT2D eigenvalue weighted by Crippen LogP contribution is 2.04. The highest BCUT2D eigenvalue weighted by Gasteiger charge is 2.24. The lowest BCUT2D eigenvalue weighted by atomic mass is 10.1. The number of carboxylic acids is 1. The summed E-state index contributed by atoms with van der Waals surface area (Å²) in [5.74, 6) is -1.92. The van der Waals surface area contributed by atoms with Crippen molar-refractivity contribution in [3.8, 4) is 0 Å². The van der Waals surface area contributed by atoms with Gasteiger partial charge in [-0.1, -0.05) is 44.2 Å². The molecule has 0 heterocycles. The molecular weight excluding hydrogens is 300 g/mol. The monoisotopic (exact) mass is 322 g/mol. The highest BCUT2D eigenvalue weighted by atomic mass is 16.6. The number of likely N-dealkylation sites (N-methyl/N-ethyl adjacent to an activating group) is 1. The molecule has 7 heteroatoms. The molecule has 0 saturated carbocycles. The van der Waals surface area contributed by atoms with E-state index >= 15 is 0 Å². The van der Waals surface area contributed by atoms with Gasteiger partial charge in [-0.25, -0.2) is 9.59 Å². The Bertz CT molecular complexity index is 545. The number of amides is 2. The number of nitrogens with one attached hydrogen (secondary N) is 1. The topological polar surface area (TPSA) is 95.9 Å². The van der Waals surface area contributed by atoms with Crippen LogP contribution in [0.1, 0.15) is 19.4 Å². The van der Waals surface area contributed by atoms with Crippen molar-refractivity contribution in [3.63, 3.8) is 0 Å². The average Bonchev–Trinajstić information content (AvgIpc) is 2.50. The van der Waals surface area contributed by atoms with Gasteiger partial charge in [-0.3, -0.25) is 4.79 Å². The van der Waals surface area contributed by atoms with Crippen LogP contribution in [0, 0.1) is 5.92 Å². The minimum atomic E-state index is -1.11. The van der Waals surface area contributed by atoms with Gasteiger partial charge in [-0.2, -0.15) is 0 Å². The number of hydrogen-bond acceptors (Lipinski definition) is 4. The Balaban J connectivity index is 2.44. The van der Waals surface area contributed by atoms with E-state index in [2.05, 4.69) is 5.32 Å². The Morgan fingerprint density at radius 2 is 1.83 bits per heavy atom. The second kappa shape index (κ2) is 8.77. The van der Waals surface area contributed by atoms with Crippen LogP contribution < -0.4 is 5.32 Å². The van der Waals surface area contributed by atoms with Crippen LogP contribution in [-0.2, 0) is 20.9 Å². The zero-order valence-corrected chi connectivity index (χ0v) is 13.5. The average molecular weight is 322 g/mol. The molecule has 0 aromatic heterocycles. The van der Waals surface area contributed by atoms with Crippen LogP contribution in [0.15, 0.2) is 30.3 Å². The summed E-state index contributed by atoms with van der Waals surface area (Å²) in [4.78, 5) is 35.8. The molecule has 0 aliphatic heterocycles. The molecule has 1 atom stereocenters. The largest absolute Gasteiger partial charge is 0.480 e. The van der Waals surface area contributed by atoms with Gasteiger partial charge < -0.3 is 20.1 Å². The van der Waals surface area contributed by atoms with Gasteiger partial charge in [0.25, 0.3) is 0 Å². The minimum absolute atomic E-state index is 0.107. The summed E-state index contributed by atoms with van der Waals surface area (Å²) < 4.78 is 5.08. The number of aliphatic carboxylic acids is 1. The van der Waals surface area contributed by atoms with Crippen molar-refractivity contribution in [1.29, 1.82) is 0 Å². The van der Waals surface area contributed by atoms with Crippen LogP contribution >= 0.6 is 0 Å². The van der Waals surface area contributed by atoms with Gasteiger partial charge >= 0.3 is 12.1 Å². The maximum atomic E-state index is 11.8. The summed E-state index contributed by atoms with van der Waals surface area (Å²) in [6.07, 6.45) is -0.652. The zero-order valence-electron chi connectivity index (χ0n) is 13.5. The summed E-state index contributed by atoms with van der Waals surface area (Å²) in [5.41, 5.74) is 0.837. The first kappa shape index (κ1) is 18.5. The first-order valence-electron chi connectivity index (χ1n) is 7.25. The van der Waals surface area contributed by atoms with Gasteiger partial charge in [0.05, 0.1) is 0 Å². The van der Waals surface area contributed by atoms with E-state index in [1.165, 1.54) is 7.05 Å². The third kappa shape index (κ3) is 6.37. The fourth-order valence-electron chi connectivity index (χ4n) is 1.84. The maximum absolute atomic E-state index is 11.8. The molecule has 1 rings (SSSR count). The van der Waals surface area contributed by atoms with Crippen LogP contribution in [0.3, 0.4) is 0 Å². The van der Waals surface area contributed by atoms with Crippen LogP contribution in [0.2, 0.25) is 0 Å². The molecule has 0 unspecified atom stereocenters. The van der Waals surface area contributed by atoms with Crippen LogP contribution in [0.25, 0.3) is 0 Å². The van der Waals surface area contributed by atoms with Crippen LogP contribution in [0.5, 0.6) is 0 Å². The first-order valence-corrected chi connectivity index (χ1v) is 7.25. The molecule has 0 aliphatic rings. The molecule has 0 spiro atoms. The molecule has 0 saturated heterocycles. The number of hydrogen-bond donors (Lipinski definition) is 2. The number of ether oxygens (including phenoxy) is 1. The summed E-state index contributed by atoms with van der Waals surface area (Å²) in [6.45, 7) is 3.22. The van der Waals surface area contributed by atoms with Crippen molar-refractivity contribution in [1.82, 2.24) is 10.2 Å². The first-order chi connectivity index (χ1) is 10.8. The Hall–Kier alpha value is -2.57. The van der Waals surface area contributed by atoms with Gasteiger partial charge in [-0.05, 0) is 11.5 Å². The molecule has 23 heavy (non-hydrogen) atoms. The van der Waals surface area contributed by atoms with Gasteiger partial charge in [0.1, 0.15) is 19.2 Å². The van der Waals surface area contributed by atoms with Crippen molar-refractivity contribution >= 4 is 18.0 Å². The molecule has 0 aliphatic carbocycles. The molecule has 126 valence electrons. The number of carboxylic acid groups (broad SMARTS) is 1. The van der Waals surface area contributed by atoms with Crippen molar-refractivity contribution in [2.45, 2.75) is 26.5 Å². The maximum Gasteiger partial charge on any atom is 0.410 e. The number of rotatable bonds is 7. The summed E-state index contributed by atoms with van der Waals surface area (Å²) >= 11 is 0. The lowest BCUT2D eigenvalue weighted by Gasteiger charge is -2.21. The fourth-order valence-corrected chi connectivity index (χ4v) is 1.84. The van der Waals surface area contributed by atoms with Crippen molar-refractivity contribution in [3.05, 3.63) is 35.9 Å².